The number of carbonyl (C=O) groups is 1. The minimum Gasteiger partial charge on any atom is -0.438 e. The molecule has 0 fully saturated rings. The molecule has 0 unspecified atom stereocenters. The van der Waals surface area contributed by atoms with Crippen LogP contribution in [0.2, 0.25) is 5.02 Å². The summed E-state index contributed by atoms with van der Waals surface area (Å²) in [4.78, 5) is 12.0. The summed E-state index contributed by atoms with van der Waals surface area (Å²) < 4.78 is 27.1. The van der Waals surface area contributed by atoms with E-state index < -0.39 is 21.0 Å². The van der Waals surface area contributed by atoms with Gasteiger partial charge in [-0.1, -0.05) is 17.7 Å². The van der Waals surface area contributed by atoms with Crippen LogP contribution in [0.5, 0.6) is 0 Å². The number of nitrogens with one attached hydrogen (secondary N) is 1. The summed E-state index contributed by atoms with van der Waals surface area (Å²) in [6.45, 7) is 3.68. The molecule has 2 aromatic rings. The van der Waals surface area contributed by atoms with Gasteiger partial charge in [-0.05, 0) is 43.2 Å². The molecule has 2 rings (SSSR count). The van der Waals surface area contributed by atoms with Crippen molar-refractivity contribution < 1.29 is 17.6 Å². The van der Waals surface area contributed by atoms with Gasteiger partial charge in [0.25, 0.3) is 15.9 Å². The van der Waals surface area contributed by atoms with Crippen molar-refractivity contribution in [1.29, 1.82) is 0 Å². The van der Waals surface area contributed by atoms with Gasteiger partial charge in [-0.3, -0.25) is 4.79 Å². The van der Waals surface area contributed by atoms with E-state index in [2.05, 4.69) is 5.32 Å². The third-order valence-electron chi connectivity index (χ3n) is 2.76. The molecule has 0 saturated heterocycles. The van der Waals surface area contributed by atoms with Crippen LogP contribution < -0.4 is 10.5 Å². The predicted molar refractivity (Wildman–Crippen MR) is 79.0 cm³/mol. The van der Waals surface area contributed by atoms with Crippen LogP contribution >= 0.6 is 11.6 Å². The second-order valence-electron chi connectivity index (χ2n) is 4.56. The molecule has 0 aliphatic heterocycles. The van der Waals surface area contributed by atoms with Gasteiger partial charge in [0.1, 0.15) is 0 Å². The number of aryl methyl sites for hydroxylation is 2. The zero-order valence-corrected chi connectivity index (χ0v) is 12.9. The molecule has 0 aliphatic rings. The summed E-state index contributed by atoms with van der Waals surface area (Å²) in [7, 11) is -3.98. The molecule has 3 N–H and O–H groups in total. The third kappa shape index (κ3) is 3.44. The quantitative estimate of drug-likeness (QED) is 0.903. The van der Waals surface area contributed by atoms with Gasteiger partial charge in [0.2, 0.25) is 5.09 Å². The zero-order valence-electron chi connectivity index (χ0n) is 11.3. The first-order valence-electron chi connectivity index (χ1n) is 5.89. The van der Waals surface area contributed by atoms with Crippen LogP contribution in [-0.4, -0.2) is 14.3 Å². The smallest absolute Gasteiger partial charge is 0.291 e. The average Bonchev–Trinajstić information content (AvgIpc) is 2.82. The molecule has 6 nitrogen and oxygen atoms in total. The van der Waals surface area contributed by atoms with Crippen LogP contribution in [0.4, 0.5) is 5.69 Å². The second kappa shape index (κ2) is 5.51. The zero-order chi connectivity index (χ0) is 15.8. The number of furan rings is 1. The van der Waals surface area contributed by atoms with Gasteiger partial charge in [-0.2, -0.15) is 0 Å². The van der Waals surface area contributed by atoms with Gasteiger partial charge in [-0.25, -0.2) is 13.6 Å². The highest BCUT2D eigenvalue weighted by molar-refractivity contribution is 7.89. The van der Waals surface area contributed by atoms with Crippen molar-refractivity contribution in [2.45, 2.75) is 18.9 Å². The molecule has 112 valence electrons. The fourth-order valence-corrected chi connectivity index (χ4v) is 2.68. The van der Waals surface area contributed by atoms with Gasteiger partial charge >= 0.3 is 0 Å². The van der Waals surface area contributed by atoms with Crippen LogP contribution in [0, 0.1) is 13.8 Å². The van der Waals surface area contributed by atoms with Crippen molar-refractivity contribution >= 4 is 33.2 Å². The molecule has 0 radical (unpaired) electrons. The lowest BCUT2D eigenvalue weighted by atomic mass is 10.1. The predicted octanol–water partition coefficient (Wildman–Crippen LogP) is 2.45. The molecule has 0 bridgehead atoms. The Morgan fingerprint density at radius 2 is 1.95 bits per heavy atom. The summed E-state index contributed by atoms with van der Waals surface area (Å²) >= 11 is 6.08. The summed E-state index contributed by atoms with van der Waals surface area (Å²) in [5.74, 6) is -0.784. The molecular weight excluding hydrogens is 316 g/mol. The summed E-state index contributed by atoms with van der Waals surface area (Å²) in [6, 6.07) is 5.92. The van der Waals surface area contributed by atoms with Crippen molar-refractivity contribution in [1.82, 2.24) is 0 Å². The third-order valence-corrected chi connectivity index (χ3v) is 3.83. The number of nitrogens with two attached hydrogens (primary N) is 1. The Hall–Kier alpha value is -1.83. The molecular formula is C13H13ClN2O4S. The van der Waals surface area contributed by atoms with Gasteiger partial charge < -0.3 is 9.73 Å². The Bertz CT molecular complexity index is 788. The van der Waals surface area contributed by atoms with Crippen molar-refractivity contribution in [3.05, 3.63) is 46.2 Å². The monoisotopic (exact) mass is 328 g/mol. The number of hydrogen-bond acceptors (Lipinski definition) is 4. The lowest BCUT2D eigenvalue weighted by molar-refractivity contribution is 0.0991. The Balaban J connectivity index is 2.29. The van der Waals surface area contributed by atoms with E-state index in [9.17, 15) is 13.2 Å². The number of rotatable bonds is 3. The first kappa shape index (κ1) is 15.6. The number of carbonyl (C=O) groups excluding carboxylic acids is 1. The molecule has 0 aliphatic carbocycles. The average molecular weight is 329 g/mol. The van der Waals surface area contributed by atoms with Crippen molar-refractivity contribution in [3.63, 3.8) is 0 Å². The minimum absolute atomic E-state index is 0.171. The van der Waals surface area contributed by atoms with Gasteiger partial charge in [-0.15, -0.1) is 0 Å². The Morgan fingerprint density at radius 1 is 1.29 bits per heavy atom. The lowest BCUT2D eigenvalue weighted by Crippen LogP contribution is -2.13. The highest BCUT2D eigenvalue weighted by atomic mass is 35.5. The molecule has 0 atom stereocenters. The van der Waals surface area contributed by atoms with E-state index in [0.717, 1.165) is 17.2 Å². The molecule has 0 spiro atoms. The van der Waals surface area contributed by atoms with E-state index in [-0.39, 0.29) is 5.76 Å². The molecule has 21 heavy (non-hydrogen) atoms. The van der Waals surface area contributed by atoms with Crippen LogP contribution in [0.25, 0.3) is 0 Å². The van der Waals surface area contributed by atoms with E-state index in [1.165, 1.54) is 6.07 Å². The fraction of sp³-hybridized carbons (Fsp3) is 0.154. The summed E-state index contributed by atoms with van der Waals surface area (Å²) in [5.41, 5.74) is 2.19. The maximum absolute atomic E-state index is 12.0. The maximum Gasteiger partial charge on any atom is 0.291 e. The standard InChI is InChI=1S/C13H13ClN2O4S/c1-7-5-8(2)12(9(14)6-7)16-13(17)10-3-4-11(20-10)21(15,18)19/h3-6H,1-2H3,(H,16,17)(H2,15,18,19). The van der Waals surface area contributed by atoms with Crippen molar-refractivity contribution in [3.8, 4) is 0 Å². The lowest BCUT2D eigenvalue weighted by Gasteiger charge is -2.10. The molecule has 8 heteroatoms. The highest BCUT2D eigenvalue weighted by Gasteiger charge is 2.18. The van der Waals surface area contributed by atoms with E-state index in [4.69, 9.17) is 21.2 Å². The largest absolute Gasteiger partial charge is 0.438 e. The number of hydrogen-bond donors (Lipinski definition) is 2. The van der Waals surface area contributed by atoms with Crippen LogP contribution in [-0.2, 0) is 10.0 Å². The molecule has 1 aromatic heterocycles. The van der Waals surface area contributed by atoms with E-state index >= 15 is 0 Å². The molecule has 1 heterocycles. The van der Waals surface area contributed by atoms with E-state index in [0.29, 0.717) is 10.7 Å². The first-order valence-corrected chi connectivity index (χ1v) is 7.81. The normalized spacial score (nSPS) is 11.4. The summed E-state index contributed by atoms with van der Waals surface area (Å²) in [6.07, 6.45) is 0. The Labute approximate surface area is 126 Å². The number of amides is 1. The number of benzene rings is 1. The topological polar surface area (TPSA) is 102 Å². The minimum atomic E-state index is -3.98. The van der Waals surface area contributed by atoms with E-state index in [1.807, 2.05) is 13.0 Å². The SMILES string of the molecule is Cc1cc(C)c(NC(=O)c2ccc(S(N)(=O)=O)o2)c(Cl)c1. The highest BCUT2D eigenvalue weighted by Crippen LogP contribution is 2.28. The van der Waals surface area contributed by atoms with E-state index in [1.54, 1.807) is 13.0 Å². The Morgan fingerprint density at radius 3 is 2.48 bits per heavy atom. The van der Waals surface area contributed by atoms with Gasteiger partial charge in [0.15, 0.2) is 5.76 Å². The Kier molecular flexibility index (Phi) is 4.08. The molecule has 1 amide bonds. The maximum atomic E-state index is 12.0. The van der Waals surface area contributed by atoms with Crippen molar-refractivity contribution in [2.75, 3.05) is 5.32 Å². The van der Waals surface area contributed by atoms with Crippen LogP contribution in [0.1, 0.15) is 21.7 Å². The summed E-state index contributed by atoms with van der Waals surface area (Å²) in [5, 5.41) is 7.42. The molecule has 1 aromatic carbocycles. The number of anilines is 1. The number of primary sulfonamides is 1. The van der Waals surface area contributed by atoms with Gasteiger partial charge in [0.05, 0.1) is 10.7 Å². The van der Waals surface area contributed by atoms with Gasteiger partial charge in [0, 0.05) is 0 Å². The number of sulfonamides is 1. The fourth-order valence-electron chi connectivity index (χ4n) is 1.84. The second-order valence-corrected chi connectivity index (χ2v) is 6.46. The van der Waals surface area contributed by atoms with Crippen molar-refractivity contribution in [2.24, 2.45) is 5.14 Å². The van der Waals surface area contributed by atoms with Crippen LogP contribution in [0.3, 0.4) is 0 Å². The first-order chi connectivity index (χ1) is 9.68. The number of halogens is 1. The van der Waals surface area contributed by atoms with Crippen LogP contribution in [0.15, 0.2) is 33.8 Å². The molecule has 0 saturated carbocycles.